The van der Waals surface area contributed by atoms with E-state index in [9.17, 15) is 0 Å². The molecular weight excluding hydrogens is 170 g/mol. The van der Waals surface area contributed by atoms with Crippen LogP contribution in [0.15, 0.2) is 0 Å². The molecule has 0 radical (unpaired) electrons. The van der Waals surface area contributed by atoms with E-state index in [4.69, 9.17) is 10.5 Å². The first-order valence-corrected chi connectivity index (χ1v) is 5.81. The summed E-state index contributed by atoms with van der Waals surface area (Å²) in [7, 11) is 0. The summed E-state index contributed by atoms with van der Waals surface area (Å²) >= 11 is 1.93. The molecule has 1 heterocycles. The van der Waals surface area contributed by atoms with Crippen LogP contribution in [0.1, 0.15) is 26.2 Å². The molecule has 2 nitrogen and oxygen atoms in total. The summed E-state index contributed by atoms with van der Waals surface area (Å²) in [4.78, 5) is 0. The normalized spacial score (nSPS) is 27.0. The van der Waals surface area contributed by atoms with Gasteiger partial charge in [0.15, 0.2) is 0 Å². The van der Waals surface area contributed by atoms with Gasteiger partial charge in [0, 0.05) is 24.2 Å². The van der Waals surface area contributed by atoms with Gasteiger partial charge in [0.2, 0.25) is 0 Å². The van der Waals surface area contributed by atoms with E-state index >= 15 is 0 Å². The Balaban J connectivity index is 2.05. The molecule has 0 aromatic carbocycles. The molecule has 0 spiro atoms. The first-order chi connectivity index (χ1) is 5.83. The fourth-order valence-corrected chi connectivity index (χ4v) is 2.22. The van der Waals surface area contributed by atoms with Gasteiger partial charge >= 0.3 is 0 Å². The van der Waals surface area contributed by atoms with Gasteiger partial charge in [-0.15, -0.1) is 0 Å². The zero-order valence-electron chi connectivity index (χ0n) is 7.79. The summed E-state index contributed by atoms with van der Waals surface area (Å²) in [5.41, 5.74) is 5.53. The fraction of sp³-hybridized carbons (Fsp3) is 1.00. The first kappa shape index (κ1) is 10.4. The van der Waals surface area contributed by atoms with Crippen molar-refractivity contribution in [1.29, 1.82) is 0 Å². The Bertz CT molecular complexity index is 115. The molecule has 0 amide bonds. The Hall–Kier alpha value is 0.270. The van der Waals surface area contributed by atoms with Crippen molar-refractivity contribution in [3.63, 3.8) is 0 Å². The molecule has 2 N–H and O–H groups in total. The molecule has 0 bridgehead atoms. The molecule has 0 aliphatic carbocycles. The highest BCUT2D eigenvalue weighted by atomic mass is 32.2. The van der Waals surface area contributed by atoms with Gasteiger partial charge in [-0.2, -0.15) is 11.8 Å². The summed E-state index contributed by atoms with van der Waals surface area (Å²) in [6, 6.07) is 0. The Morgan fingerprint density at radius 1 is 1.58 bits per heavy atom. The summed E-state index contributed by atoms with van der Waals surface area (Å²) in [5, 5.41) is 0.579. The largest absolute Gasteiger partial charge is 0.377 e. The second-order valence-corrected chi connectivity index (χ2v) is 4.84. The molecule has 0 aromatic heterocycles. The molecule has 1 rings (SSSR count). The van der Waals surface area contributed by atoms with Gasteiger partial charge in [0.05, 0.1) is 6.10 Å². The van der Waals surface area contributed by atoms with Gasteiger partial charge in [0.25, 0.3) is 0 Å². The topological polar surface area (TPSA) is 35.2 Å². The maximum atomic E-state index is 5.61. The van der Waals surface area contributed by atoms with Gasteiger partial charge in [-0.1, -0.05) is 6.92 Å². The van der Waals surface area contributed by atoms with Crippen molar-refractivity contribution in [3.05, 3.63) is 0 Å². The molecule has 2 atom stereocenters. The van der Waals surface area contributed by atoms with Crippen LogP contribution >= 0.6 is 11.8 Å². The molecule has 1 aliphatic rings. The maximum absolute atomic E-state index is 5.61. The number of hydrogen-bond donors (Lipinski definition) is 1. The van der Waals surface area contributed by atoms with Crippen LogP contribution in [-0.2, 0) is 4.74 Å². The van der Waals surface area contributed by atoms with E-state index in [1.165, 1.54) is 19.3 Å². The smallest absolute Gasteiger partial charge is 0.0665 e. The van der Waals surface area contributed by atoms with E-state index in [-0.39, 0.29) is 0 Å². The van der Waals surface area contributed by atoms with Crippen molar-refractivity contribution in [2.45, 2.75) is 37.5 Å². The minimum atomic E-state index is 0.498. The number of nitrogens with two attached hydrogens (primary N) is 1. The third-order valence-corrected chi connectivity index (χ3v) is 3.50. The van der Waals surface area contributed by atoms with E-state index in [0.29, 0.717) is 11.4 Å². The van der Waals surface area contributed by atoms with Crippen molar-refractivity contribution in [1.82, 2.24) is 0 Å². The summed E-state index contributed by atoms with van der Waals surface area (Å²) in [6.45, 7) is 3.91. The Kier molecular flexibility index (Phi) is 5.04. The number of thioether (sulfide) groups is 1. The Morgan fingerprint density at radius 2 is 2.42 bits per heavy atom. The summed E-state index contributed by atoms with van der Waals surface area (Å²) < 4.78 is 5.61. The predicted molar refractivity (Wildman–Crippen MR) is 54.6 cm³/mol. The van der Waals surface area contributed by atoms with E-state index < -0.39 is 0 Å². The highest BCUT2D eigenvalue weighted by Crippen LogP contribution is 2.19. The van der Waals surface area contributed by atoms with Crippen molar-refractivity contribution < 1.29 is 4.74 Å². The van der Waals surface area contributed by atoms with Gasteiger partial charge in [-0.05, 0) is 19.3 Å². The lowest BCUT2D eigenvalue weighted by Crippen LogP contribution is -2.23. The lowest BCUT2D eigenvalue weighted by molar-refractivity contribution is 0.0315. The molecule has 1 aliphatic heterocycles. The van der Waals surface area contributed by atoms with Crippen LogP contribution in [0, 0.1) is 0 Å². The van der Waals surface area contributed by atoms with Crippen LogP contribution in [-0.4, -0.2) is 30.3 Å². The highest BCUT2D eigenvalue weighted by Gasteiger charge is 2.14. The van der Waals surface area contributed by atoms with E-state index in [1.54, 1.807) is 0 Å². The summed E-state index contributed by atoms with van der Waals surface area (Å²) in [6.07, 6.45) is 4.32. The van der Waals surface area contributed by atoms with Gasteiger partial charge < -0.3 is 10.5 Å². The fourth-order valence-electron chi connectivity index (χ4n) is 1.28. The maximum Gasteiger partial charge on any atom is 0.0665 e. The SMILES string of the molecule is CC(CN)SCC1CCCCO1. The first-order valence-electron chi connectivity index (χ1n) is 4.76. The van der Waals surface area contributed by atoms with Crippen LogP contribution in [0.5, 0.6) is 0 Å². The van der Waals surface area contributed by atoms with Gasteiger partial charge in [-0.25, -0.2) is 0 Å². The standard InChI is InChI=1S/C9H19NOS/c1-8(6-10)12-7-9-4-2-3-5-11-9/h8-9H,2-7,10H2,1H3. The summed E-state index contributed by atoms with van der Waals surface area (Å²) in [5.74, 6) is 1.12. The second kappa shape index (κ2) is 5.84. The molecule has 1 saturated heterocycles. The number of rotatable bonds is 4. The Morgan fingerprint density at radius 3 is 3.00 bits per heavy atom. The average molecular weight is 189 g/mol. The molecule has 0 saturated carbocycles. The molecule has 3 heteroatoms. The zero-order valence-corrected chi connectivity index (χ0v) is 8.61. The van der Waals surface area contributed by atoms with Crippen molar-refractivity contribution in [3.8, 4) is 0 Å². The van der Waals surface area contributed by atoms with Gasteiger partial charge in [-0.3, -0.25) is 0 Å². The van der Waals surface area contributed by atoms with Crippen LogP contribution in [0.2, 0.25) is 0 Å². The quantitative estimate of drug-likeness (QED) is 0.730. The molecule has 2 unspecified atom stereocenters. The van der Waals surface area contributed by atoms with E-state index in [0.717, 1.165) is 18.9 Å². The average Bonchev–Trinajstić information content (AvgIpc) is 2.16. The molecule has 12 heavy (non-hydrogen) atoms. The molecule has 0 aromatic rings. The molecule has 1 fully saturated rings. The van der Waals surface area contributed by atoms with Crippen molar-refractivity contribution in [2.75, 3.05) is 18.9 Å². The van der Waals surface area contributed by atoms with Gasteiger partial charge in [0.1, 0.15) is 0 Å². The van der Waals surface area contributed by atoms with Crippen LogP contribution in [0.3, 0.4) is 0 Å². The van der Waals surface area contributed by atoms with Crippen LogP contribution < -0.4 is 5.73 Å². The van der Waals surface area contributed by atoms with Crippen molar-refractivity contribution >= 4 is 11.8 Å². The monoisotopic (exact) mass is 189 g/mol. The van der Waals surface area contributed by atoms with E-state index in [1.807, 2.05) is 11.8 Å². The number of ether oxygens (including phenoxy) is 1. The molecular formula is C9H19NOS. The third kappa shape index (κ3) is 3.78. The van der Waals surface area contributed by atoms with Crippen LogP contribution in [0.25, 0.3) is 0 Å². The highest BCUT2D eigenvalue weighted by molar-refractivity contribution is 7.99. The minimum Gasteiger partial charge on any atom is -0.377 e. The third-order valence-electron chi connectivity index (χ3n) is 2.17. The van der Waals surface area contributed by atoms with Crippen molar-refractivity contribution in [2.24, 2.45) is 5.73 Å². The Labute approximate surface area is 79.2 Å². The lowest BCUT2D eigenvalue weighted by Gasteiger charge is -2.23. The number of hydrogen-bond acceptors (Lipinski definition) is 3. The van der Waals surface area contributed by atoms with Crippen LogP contribution in [0.4, 0.5) is 0 Å². The van der Waals surface area contributed by atoms with E-state index in [2.05, 4.69) is 6.92 Å². The lowest BCUT2D eigenvalue weighted by atomic mass is 10.1. The predicted octanol–water partition coefficient (Wildman–Crippen LogP) is 1.64. The zero-order chi connectivity index (χ0) is 8.81. The second-order valence-electron chi connectivity index (χ2n) is 3.37. The molecule has 72 valence electrons. The minimum absolute atomic E-state index is 0.498.